The second kappa shape index (κ2) is 3.87. The minimum atomic E-state index is -0.947. The van der Waals surface area contributed by atoms with Gasteiger partial charge in [-0.05, 0) is 26.3 Å². The molecule has 0 amide bonds. The van der Waals surface area contributed by atoms with Crippen LogP contribution in [0.3, 0.4) is 0 Å². The number of alkyl halides is 1. The molecule has 0 saturated carbocycles. The largest absolute Gasteiger partial charge is 0.388 e. The van der Waals surface area contributed by atoms with Crippen LogP contribution in [0.15, 0.2) is 0 Å². The molecule has 0 spiro atoms. The van der Waals surface area contributed by atoms with Crippen LogP contribution in [0.5, 0.6) is 0 Å². The van der Waals surface area contributed by atoms with Gasteiger partial charge in [0.2, 0.25) is 0 Å². The SMILES string of the molecule is Cc1nn(CC(O)CF)c(C)c1C. The zero-order chi connectivity index (χ0) is 10.0. The average Bonchev–Trinajstić information content (AvgIpc) is 2.34. The molecule has 1 N–H and O–H groups in total. The number of aryl methyl sites for hydroxylation is 1. The standard InChI is InChI=1S/C9H15FN2O/c1-6-7(2)11-12(8(6)3)5-9(13)4-10/h9,13H,4-5H2,1-3H3. The molecular weight excluding hydrogens is 171 g/mol. The maximum Gasteiger partial charge on any atom is 0.117 e. The van der Waals surface area contributed by atoms with E-state index in [4.69, 9.17) is 5.11 Å². The zero-order valence-corrected chi connectivity index (χ0v) is 8.21. The number of nitrogens with zero attached hydrogens (tertiary/aromatic N) is 2. The Labute approximate surface area is 77.2 Å². The van der Waals surface area contributed by atoms with Crippen LogP contribution in [0.4, 0.5) is 4.39 Å². The summed E-state index contributed by atoms with van der Waals surface area (Å²) < 4.78 is 13.7. The molecule has 0 aliphatic heterocycles. The summed E-state index contributed by atoms with van der Waals surface area (Å²) in [6.07, 6.45) is -0.947. The summed E-state index contributed by atoms with van der Waals surface area (Å²) in [6, 6.07) is 0. The van der Waals surface area contributed by atoms with Gasteiger partial charge in [-0.15, -0.1) is 0 Å². The first-order chi connectivity index (χ1) is 6.06. The van der Waals surface area contributed by atoms with Crippen molar-refractivity contribution in [2.75, 3.05) is 6.67 Å². The van der Waals surface area contributed by atoms with Gasteiger partial charge in [0.15, 0.2) is 0 Å². The third kappa shape index (κ3) is 2.06. The van der Waals surface area contributed by atoms with Crippen molar-refractivity contribution in [2.24, 2.45) is 0 Å². The highest BCUT2D eigenvalue weighted by molar-refractivity contribution is 5.22. The number of hydrogen-bond donors (Lipinski definition) is 1. The van der Waals surface area contributed by atoms with Gasteiger partial charge in [-0.2, -0.15) is 5.10 Å². The fraction of sp³-hybridized carbons (Fsp3) is 0.667. The fourth-order valence-electron chi connectivity index (χ4n) is 1.21. The lowest BCUT2D eigenvalue weighted by molar-refractivity contribution is 0.117. The molecule has 0 fully saturated rings. The van der Waals surface area contributed by atoms with Crippen LogP contribution in [0, 0.1) is 20.8 Å². The van der Waals surface area contributed by atoms with Crippen molar-refractivity contribution < 1.29 is 9.50 Å². The third-order valence-corrected chi connectivity index (χ3v) is 2.31. The predicted octanol–water partition coefficient (Wildman–Crippen LogP) is 1.14. The zero-order valence-electron chi connectivity index (χ0n) is 8.21. The highest BCUT2D eigenvalue weighted by Crippen LogP contribution is 2.11. The van der Waals surface area contributed by atoms with Gasteiger partial charge in [0.25, 0.3) is 0 Å². The van der Waals surface area contributed by atoms with Gasteiger partial charge in [0.05, 0.1) is 12.2 Å². The highest BCUT2D eigenvalue weighted by atomic mass is 19.1. The van der Waals surface area contributed by atoms with Gasteiger partial charge in [-0.25, -0.2) is 4.39 Å². The Kier molecular flexibility index (Phi) is 3.03. The Morgan fingerprint density at radius 2 is 2.08 bits per heavy atom. The predicted molar refractivity (Wildman–Crippen MR) is 48.4 cm³/mol. The van der Waals surface area contributed by atoms with Crippen molar-refractivity contribution in [1.29, 1.82) is 0 Å². The molecule has 0 saturated heterocycles. The molecule has 0 radical (unpaired) electrons. The maximum atomic E-state index is 12.0. The summed E-state index contributed by atoms with van der Waals surface area (Å²) in [5, 5.41) is 13.3. The Hall–Kier alpha value is -0.900. The average molecular weight is 186 g/mol. The molecule has 0 aliphatic rings. The van der Waals surface area contributed by atoms with Crippen molar-refractivity contribution >= 4 is 0 Å². The lowest BCUT2D eigenvalue weighted by Gasteiger charge is -2.07. The minimum Gasteiger partial charge on any atom is -0.388 e. The molecule has 0 aromatic carbocycles. The quantitative estimate of drug-likeness (QED) is 0.768. The van der Waals surface area contributed by atoms with Crippen LogP contribution >= 0.6 is 0 Å². The van der Waals surface area contributed by atoms with Crippen LogP contribution in [0.25, 0.3) is 0 Å². The summed E-state index contributed by atoms with van der Waals surface area (Å²) in [4.78, 5) is 0. The van der Waals surface area contributed by atoms with Crippen LogP contribution in [-0.2, 0) is 6.54 Å². The molecule has 0 bridgehead atoms. The van der Waals surface area contributed by atoms with E-state index in [-0.39, 0.29) is 6.54 Å². The minimum absolute atomic E-state index is 0.233. The van der Waals surface area contributed by atoms with Gasteiger partial charge in [0.1, 0.15) is 12.8 Å². The smallest absolute Gasteiger partial charge is 0.117 e. The molecule has 13 heavy (non-hydrogen) atoms. The van der Waals surface area contributed by atoms with E-state index in [1.54, 1.807) is 4.68 Å². The van der Waals surface area contributed by atoms with E-state index in [0.717, 1.165) is 17.0 Å². The second-order valence-corrected chi connectivity index (χ2v) is 3.29. The molecule has 4 heteroatoms. The molecule has 1 aromatic rings. The first kappa shape index (κ1) is 10.2. The number of hydrogen-bond acceptors (Lipinski definition) is 2. The van der Waals surface area contributed by atoms with Gasteiger partial charge in [-0.1, -0.05) is 0 Å². The summed E-state index contributed by atoms with van der Waals surface area (Å²) >= 11 is 0. The Morgan fingerprint density at radius 1 is 1.46 bits per heavy atom. The summed E-state index contributed by atoms with van der Waals surface area (Å²) in [6.45, 7) is 5.30. The van der Waals surface area contributed by atoms with E-state index in [9.17, 15) is 4.39 Å². The monoisotopic (exact) mass is 186 g/mol. The lowest BCUT2D eigenvalue weighted by Crippen LogP contribution is -2.19. The van der Waals surface area contributed by atoms with E-state index in [1.807, 2.05) is 20.8 Å². The van der Waals surface area contributed by atoms with Gasteiger partial charge >= 0.3 is 0 Å². The first-order valence-corrected chi connectivity index (χ1v) is 4.31. The van der Waals surface area contributed by atoms with Crippen LogP contribution in [0.2, 0.25) is 0 Å². The number of aromatic nitrogens is 2. The van der Waals surface area contributed by atoms with Crippen molar-refractivity contribution in [3.8, 4) is 0 Å². The summed E-state index contributed by atoms with van der Waals surface area (Å²) in [7, 11) is 0. The van der Waals surface area contributed by atoms with E-state index in [2.05, 4.69) is 5.10 Å². The lowest BCUT2D eigenvalue weighted by atomic mass is 10.2. The number of halogens is 1. The van der Waals surface area contributed by atoms with Crippen molar-refractivity contribution in [3.63, 3.8) is 0 Å². The number of rotatable bonds is 3. The molecule has 1 heterocycles. The molecule has 1 rings (SSSR count). The Balaban J connectivity index is 2.83. The van der Waals surface area contributed by atoms with Crippen LogP contribution < -0.4 is 0 Å². The van der Waals surface area contributed by atoms with E-state index in [1.165, 1.54) is 0 Å². The molecule has 1 unspecified atom stereocenters. The molecule has 0 aliphatic carbocycles. The molecule has 74 valence electrons. The topological polar surface area (TPSA) is 38.0 Å². The third-order valence-electron chi connectivity index (χ3n) is 2.31. The summed E-state index contributed by atoms with van der Waals surface area (Å²) in [5.74, 6) is 0. The molecule has 3 nitrogen and oxygen atoms in total. The summed E-state index contributed by atoms with van der Waals surface area (Å²) in [5.41, 5.74) is 3.03. The Bertz CT molecular complexity index is 296. The van der Waals surface area contributed by atoms with Crippen molar-refractivity contribution in [1.82, 2.24) is 9.78 Å². The van der Waals surface area contributed by atoms with Gasteiger partial charge < -0.3 is 5.11 Å². The molecular formula is C9H15FN2O. The van der Waals surface area contributed by atoms with Crippen LogP contribution in [0.1, 0.15) is 17.0 Å². The fourth-order valence-corrected chi connectivity index (χ4v) is 1.21. The highest BCUT2D eigenvalue weighted by Gasteiger charge is 2.10. The van der Waals surface area contributed by atoms with Crippen molar-refractivity contribution in [3.05, 3.63) is 17.0 Å². The maximum absolute atomic E-state index is 12.0. The number of aliphatic hydroxyl groups is 1. The van der Waals surface area contributed by atoms with Crippen LogP contribution in [-0.4, -0.2) is 27.7 Å². The molecule has 1 atom stereocenters. The second-order valence-electron chi connectivity index (χ2n) is 3.29. The number of aliphatic hydroxyl groups excluding tert-OH is 1. The van der Waals surface area contributed by atoms with Crippen molar-refractivity contribution in [2.45, 2.75) is 33.4 Å². The van der Waals surface area contributed by atoms with E-state index in [0.29, 0.717) is 0 Å². The van der Waals surface area contributed by atoms with E-state index < -0.39 is 12.8 Å². The first-order valence-electron chi connectivity index (χ1n) is 4.31. The van der Waals surface area contributed by atoms with Gasteiger partial charge in [-0.3, -0.25) is 4.68 Å². The van der Waals surface area contributed by atoms with Gasteiger partial charge in [0, 0.05) is 5.69 Å². The van der Waals surface area contributed by atoms with E-state index >= 15 is 0 Å². The Morgan fingerprint density at radius 3 is 2.46 bits per heavy atom. The normalized spacial score (nSPS) is 13.3. The molecule has 1 aromatic heterocycles.